The number of carbonyl (C=O) groups excluding carboxylic acids is 1. The summed E-state index contributed by atoms with van der Waals surface area (Å²) in [4.78, 5) is 18.8. The molecule has 5 rings (SSSR count). The average molecular weight is 402 g/mol. The molecule has 7 nitrogen and oxygen atoms in total. The van der Waals surface area contributed by atoms with Gasteiger partial charge in [0, 0.05) is 30.2 Å². The molecule has 1 aromatic carbocycles. The van der Waals surface area contributed by atoms with E-state index in [9.17, 15) is 9.18 Å². The Morgan fingerprint density at radius 3 is 2.80 bits per heavy atom. The van der Waals surface area contributed by atoms with Crippen molar-refractivity contribution < 1.29 is 9.18 Å². The number of amides is 1. The third kappa shape index (κ3) is 3.36. The predicted molar refractivity (Wildman–Crippen MR) is 110 cm³/mol. The summed E-state index contributed by atoms with van der Waals surface area (Å²) in [5, 5.41) is 11.8. The molecule has 0 unspecified atom stereocenters. The molecule has 0 aliphatic carbocycles. The van der Waals surface area contributed by atoms with Crippen LogP contribution in [0.15, 0.2) is 67.1 Å². The van der Waals surface area contributed by atoms with E-state index in [1.165, 1.54) is 12.1 Å². The Labute approximate surface area is 172 Å². The highest BCUT2D eigenvalue weighted by Crippen LogP contribution is 2.34. The molecule has 1 saturated heterocycles. The van der Waals surface area contributed by atoms with Crippen LogP contribution in [0, 0.1) is 5.82 Å². The molecule has 4 aromatic rings. The Balaban J connectivity index is 1.42. The van der Waals surface area contributed by atoms with Gasteiger partial charge in [-0.15, -0.1) is 5.10 Å². The SMILES string of the molecule is O=C(c1ccncc1)N1CCC[C@@H]1c1nnn2cc(Nc3cccc(F)c3)ccc12. The van der Waals surface area contributed by atoms with E-state index in [0.29, 0.717) is 17.8 Å². The first kappa shape index (κ1) is 18.2. The molecule has 4 heterocycles. The zero-order valence-electron chi connectivity index (χ0n) is 16.1. The number of aromatic nitrogens is 4. The first-order chi connectivity index (χ1) is 14.7. The number of likely N-dealkylation sites (tertiary alicyclic amines) is 1. The maximum absolute atomic E-state index is 13.4. The molecule has 1 atom stereocenters. The van der Waals surface area contributed by atoms with Crippen molar-refractivity contribution in [2.75, 3.05) is 11.9 Å². The van der Waals surface area contributed by atoms with Gasteiger partial charge in [-0.2, -0.15) is 0 Å². The fourth-order valence-corrected chi connectivity index (χ4v) is 3.91. The minimum atomic E-state index is -0.302. The van der Waals surface area contributed by atoms with Crippen molar-refractivity contribution in [2.24, 2.45) is 0 Å². The number of hydrogen-bond acceptors (Lipinski definition) is 5. The number of nitrogens with one attached hydrogen (secondary N) is 1. The summed E-state index contributed by atoms with van der Waals surface area (Å²) in [5.41, 5.74) is 3.67. The highest BCUT2D eigenvalue weighted by Gasteiger charge is 2.33. The summed E-state index contributed by atoms with van der Waals surface area (Å²) >= 11 is 0. The molecule has 3 aromatic heterocycles. The highest BCUT2D eigenvalue weighted by atomic mass is 19.1. The fourth-order valence-electron chi connectivity index (χ4n) is 3.91. The molecule has 0 bridgehead atoms. The molecular weight excluding hydrogens is 383 g/mol. The smallest absolute Gasteiger partial charge is 0.254 e. The van der Waals surface area contributed by atoms with E-state index >= 15 is 0 Å². The molecule has 30 heavy (non-hydrogen) atoms. The molecule has 150 valence electrons. The van der Waals surface area contributed by atoms with Gasteiger partial charge in [0.1, 0.15) is 11.5 Å². The van der Waals surface area contributed by atoms with E-state index in [1.807, 2.05) is 17.0 Å². The lowest BCUT2D eigenvalue weighted by Gasteiger charge is -2.23. The zero-order chi connectivity index (χ0) is 20.5. The largest absolute Gasteiger partial charge is 0.354 e. The van der Waals surface area contributed by atoms with Gasteiger partial charge in [-0.3, -0.25) is 9.78 Å². The summed E-state index contributed by atoms with van der Waals surface area (Å²) in [5.74, 6) is -0.324. The molecular formula is C22H19FN6O. The lowest BCUT2D eigenvalue weighted by atomic mass is 10.1. The molecule has 1 aliphatic rings. The number of rotatable bonds is 4. The van der Waals surface area contributed by atoms with E-state index in [0.717, 1.165) is 29.7 Å². The number of carbonyl (C=O) groups is 1. The number of nitrogens with zero attached hydrogens (tertiary/aromatic N) is 5. The predicted octanol–water partition coefficient (Wildman–Crippen LogP) is 3.98. The van der Waals surface area contributed by atoms with Crippen molar-refractivity contribution in [3.63, 3.8) is 0 Å². The molecule has 8 heteroatoms. The van der Waals surface area contributed by atoms with Crippen LogP contribution in [0.3, 0.4) is 0 Å². The molecule has 0 saturated carbocycles. The maximum atomic E-state index is 13.4. The maximum Gasteiger partial charge on any atom is 0.254 e. The first-order valence-corrected chi connectivity index (χ1v) is 9.77. The van der Waals surface area contributed by atoms with Crippen molar-refractivity contribution in [1.29, 1.82) is 0 Å². The lowest BCUT2D eigenvalue weighted by Crippen LogP contribution is -2.30. The molecule has 1 fully saturated rings. The number of hydrogen-bond donors (Lipinski definition) is 1. The van der Waals surface area contributed by atoms with Crippen LogP contribution in [-0.2, 0) is 0 Å². The van der Waals surface area contributed by atoms with E-state index in [1.54, 1.807) is 47.4 Å². The quantitative estimate of drug-likeness (QED) is 0.559. The Morgan fingerprint density at radius 1 is 1.10 bits per heavy atom. The average Bonchev–Trinajstić information content (AvgIpc) is 3.40. The zero-order valence-corrected chi connectivity index (χ0v) is 16.1. The second-order valence-corrected chi connectivity index (χ2v) is 7.25. The molecule has 0 spiro atoms. The highest BCUT2D eigenvalue weighted by molar-refractivity contribution is 5.94. The standard InChI is InChI=1S/C22H19FN6O/c23-16-3-1-4-17(13-16)25-18-6-7-20-21(26-27-29(20)14-18)19-5-2-12-28(19)22(30)15-8-10-24-11-9-15/h1,3-4,6-11,13-14,19,25H,2,5,12H2/t19-/m1/s1. The summed E-state index contributed by atoms with van der Waals surface area (Å²) in [6.07, 6.45) is 6.81. The first-order valence-electron chi connectivity index (χ1n) is 9.77. The van der Waals surface area contributed by atoms with Gasteiger partial charge < -0.3 is 10.2 Å². The fraction of sp³-hybridized carbons (Fsp3) is 0.182. The van der Waals surface area contributed by atoms with Crippen LogP contribution < -0.4 is 5.32 Å². The van der Waals surface area contributed by atoms with Crippen LogP contribution in [0.2, 0.25) is 0 Å². The van der Waals surface area contributed by atoms with Crippen molar-refractivity contribution in [1.82, 2.24) is 24.7 Å². The number of halogens is 1. The van der Waals surface area contributed by atoms with Gasteiger partial charge in [0.05, 0.1) is 23.4 Å². The Kier molecular flexibility index (Phi) is 4.59. The minimum Gasteiger partial charge on any atom is -0.354 e. The normalized spacial score (nSPS) is 16.2. The van der Waals surface area contributed by atoms with Crippen LogP contribution in [0.25, 0.3) is 5.52 Å². The summed E-state index contributed by atoms with van der Waals surface area (Å²) in [6, 6.07) is 13.4. The molecule has 1 aliphatic heterocycles. The van der Waals surface area contributed by atoms with E-state index in [-0.39, 0.29) is 17.8 Å². The molecule has 0 radical (unpaired) electrons. The Morgan fingerprint density at radius 2 is 1.97 bits per heavy atom. The van der Waals surface area contributed by atoms with Crippen LogP contribution in [0.1, 0.15) is 34.9 Å². The number of fused-ring (bicyclic) bond motifs is 1. The summed E-state index contributed by atoms with van der Waals surface area (Å²) in [6.45, 7) is 0.685. The summed E-state index contributed by atoms with van der Waals surface area (Å²) in [7, 11) is 0. The van der Waals surface area contributed by atoms with Gasteiger partial charge in [-0.1, -0.05) is 11.3 Å². The second kappa shape index (κ2) is 7.55. The Bertz CT molecular complexity index is 1210. The van der Waals surface area contributed by atoms with E-state index in [4.69, 9.17) is 0 Å². The van der Waals surface area contributed by atoms with Gasteiger partial charge in [-0.05, 0) is 55.3 Å². The Hall–Kier alpha value is -3.81. The minimum absolute atomic E-state index is 0.0227. The number of benzene rings is 1. The monoisotopic (exact) mass is 402 g/mol. The van der Waals surface area contributed by atoms with Crippen molar-refractivity contribution >= 4 is 22.8 Å². The van der Waals surface area contributed by atoms with Crippen LogP contribution in [-0.4, -0.2) is 37.2 Å². The van der Waals surface area contributed by atoms with Gasteiger partial charge >= 0.3 is 0 Å². The van der Waals surface area contributed by atoms with Crippen molar-refractivity contribution in [3.8, 4) is 0 Å². The second-order valence-electron chi connectivity index (χ2n) is 7.25. The topological polar surface area (TPSA) is 75.4 Å². The van der Waals surface area contributed by atoms with E-state index < -0.39 is 0 Å². The number of anilines is 2. The van der Waals surface area contributed by atoms with Gasteiger partial charge in [-0.25, -0.2) is 8.91 Å². The van der Waals surface area contributed by atoms with Gasteiger partial charge in [0.25, 0.3) is 5.91 Å². The van der Waals surface area contributed by atoms with Gasteiger partial charge in [0.2, 0.25) is 0 Å². The van der Waals surface area contributed by atoms with Crippen molar-refractivity contribution in [3.05, 3.63) is 84.2 Å². The third-order valence-electron chi connectivity index (χ3n) is 5.31. The van der Waals surface area contributed by atoms with Crippen LogP contribution in [0.5, 0.6) is 0 Å². The molecule has 1 N–H and O–H groups in total. The summed E-state index contributed by atoms with van der Waals surface area (Å²) < 4.78 is 15.1. The molecule has 1 amide bonds. The van der Waals surface area contributed by atoms with Crippen LogP contribution >= 0.6 is 0 Å². The lowest BCUT2D eigenvalue weighted by molar-refractivity contribution is 0.0733. The third-order valence-corrected chi connectivity index (χ3v) is 5.31. The van der Waals surface area contributed by atoms with Crippen molar-refractivity contribution in [2.45, 2.75) is 18.9 Å². The van der Waals surface area contributed by atoms with Gasteiger partial charge in [0.15, 0.2) is 0 Å². The van der Waals surface area contributed by atoms with E-state index in [2.05, 4.69) is 20.6 Å². The van der Waals surface area contributed by atoms with Crippen LogP contribution in [0.4, 0.5) is 15.8 Å². The number of pyridine rings is 2.